The first kappa shape index (κ1) is 18.3. The van der Waals surface area contributed by atoms with Gasteiger partial charge in [-0.15, -0.1) is 0 Å². The van der Waals surface area contributed by atoms with Crippen LogP contribution in [0.3, 0.4) is 0 Å². The number of aromatic nitrogens is 1. The summed E-state index contributed by atoms with van der Waals surface area (Å²) in [6.07, 6.45) is 0. The van der Waals surface area contributed by atoms with Crippen molar-refractivity contribution >= 4 is 16.8 Å². The van der Waals surface area contributed by atoms with E-state index in [9.17, 15) is 4.79 Å². The number of amides is 1. The van der Waals surface area contributed by atoms with E-state index in [-0.39, 0.29) is 18.0 Å². The van der Waals surface area contributed by atoms with Gasteiger partial charge in [0.1, 0.15) is 0 Å². The molecule has 0 radical (unpaired) electrons. The summed E-state index contributed by atoms with van der Waals surface area (Å²) in [4.78, 5) is 22.5. The van der Waals surface area contributed by atoms with Crippen molar-refractivity contribution < 1.29 is 9.53 Å². The molecule has 0 saturated carbocycles. The maximum atomic E-state index is 13.1. The highest BCUT2D eigenvalue weighted by atomic mass is 16.5. The summed E-state index contributed by atoms with van der Waals surface area (Å²) in [6, 6.07) is 8.22. The molecule has 0 aliphatic carbocycles. The number of carbonyl (C=O) groups is 1. The third-order valence-corrected chi connectivity index (χ3v) is 5.71. The van der Waals surface area contributed by atoms with Crippen LogP contribution in [-0.4, -0.2) is 79.2 Å². The molecular formula is C21H28N4O2. The van der Waals surface area contributed by atoms with Gasteiger partial charge in [-0.25, -0.2) is 0 Å². The predicted molar refractivity (Wildman–Crippen MR) is 106 cm³/mol. The fraction of sp³-hybridized carbons (Fsp3) is 0.524. The molecule has 1 N–H and O–H groups in total. The van der Waals surface area contributed by atoms with Crippen LogP contribution < -0.4 is 5.32 Å². The summed E-state index contributed by atoms with van der Waals surface area (Å²) >= 11 is 0. The molecule has 1 aromatic carbocycles. The van der Waals surface area contributed by atoms with Crippen LogP contribution >= 0.6 is 0 Å². The SMILES string of the molecule is Cc1ccc2nc(C)cc(C(=O)N[C@@H]3COC[C@H]3N3CCN(C)CC3)c2c1. The Morgan fingerprint density at radius 2 is 1.93 bits per heavy atom. The third kappa shape index (κ3) is 3.83. The minimum absolute atomic E-state index is 0.0224. The van der Waals surface area contributed by atoms with Crippen LogP contribution in [0.2, 0.25) is 0 Å². The molecule has 6 nitrogen and oxygen atoms in total. The van der Waals surface area contributed by atoms with E-state index in [0.717, 1.165) is 48.3 Å². The van der Waals surface area contributed by atoms with Gasteiger partial charge in [0, 0.05) is 37.3 Å². The van der Waals surface area contributed by atoms with E-state index in [1.165, 1.54) is 0 Å². The molecule has 2 aliphatic heterocycles. The number of hydrogen-bond acceptors (Lipinski definition) is 5. The number of rotatable bonds is 3. The monoisotopic (exact) mass is 368 g/mol. The third-order valence-electron chi connectivity index (χ3n) is 5.71. The van der Waals surface area contributed by atoms with Crippen LogP contribution in [0.1, 0.15) is 21.6 Å². The largest absolute Gasteiger partial charge is 0.378 e. The molecule has 27 heavy (non-hydrogen) atoms. The Hall–Kier alpha value is -2.02. The summed E-state index contributed by atoms with van der Waals surface area (Å²) in [7, 11) is 2.15. The second-order valence-corrected chi connectivity index (χ2v) is 7.86. The first-order valence-corrected chi connectivity index (χ1v) is 9.70. The van der Waals surface area contributed by atoms with Gasteiger partial charge in [0.05, 0.1) is 36.4 Å². The number of nitrogens with one attached hydrogen (secondary N) is 1. The van der Waals surface area contributed by atoms with Crippen molar-refractivity contribution in [3.05, 3.63) is 41.1 Å². The predicted octanol–water partition coefficient (Wildman–Crippen LogP) is 1.60. The Balaban J connectivity index is 1.55. The average molecular weight is 368 g/mol. The van der Waals surface area contributed by atoms with Gasteiger partial charge in [-0.05, 0) is 39.1 Å². The Kier molecular flexibility index (Phi) is 5.12. The zero-order valence-electron chi connectivity index (χ0n) is 16.4. The van der Waals surface area contributed by atoms with Crippen LogP contribution in [0.15, 0.2) is 24.3 Å². The van der Waals surface area contributed by atoms with Crippen LogP contribution in [0.4, 0.5) is 0 Å². The van der Waals surface area contributed by atoms with Gasteiger partial charge in [0.25, 0.3) is 5.91 Å². The van der Waals surface area contributed by atoms with E-state index in [1.54, 1.807) is 0 Å². The lowest BCUT2D eigenvalue weighted by atomic mass is 10.0. The first-order chi connectivity index (χ1) is 13.0. The van der Waals surface area contributed by atoms with Crippen LogP contribution in [-0.2, 0) is 4.74 Å². The number of aryl methyl sites for hydroxylation is 2. The van der Waals surface area contributed by atoms with Crippen LogP contribution in [0.5, 0.6) is 0 Å². The van der Waals surface area contributed by atoms with E-state index in [1.807, 2.05) is 38.1 Å². The molecule has 6 heteroatoms. The molecule has 1 aromatic heterocycles. The number of benzene rings is 1. The minimum Gasteiger partial charge on any atom is -0.378 e. The fourth-order valence-electron chi connectivity index (χ4n) is 4.10. The average Bonchev–Trinajstić information content (AvgIpc) is 3.10. The van der Waals surface area contributed by atoms with Gasteiger partial charge < -0.3 is 15.0 Å². The second-order valence-electron chi connectivity index (χ2n) is 7.86. The lowest BCUT2D eigenvalue weighted by Gasteiger charge is -2.38. The molecule has 144 valence electrons. The fourth-order valence-corrected chi connectivity index (χ4v) is 4.10. The maximum Gasteiger partial charge on any atom is 0.252 e. The lowest BCUT2D eigenvalue weighted by Crippen LogP contribution is -2.56. The minimum atomic E-state index is -0.0364. The van der Waals surface area contributed by atoms with Crippen molar-refractivity contribution in [3.8, 4) is 0 Å². The molecule has 3 heterocycles. The van der Waals surface area contributed by atoms with E-state index in [4.69, 9.17) is 4.74 Å². The standard InChI is InChI=1S/C21H28N4O2/c1-14-4-5-18-16(10-14)17(11-15(2)22-18)21(26)23-19-12-27-13-20(19)25-8-6-24(3)7-9-25/h4-5,10-11,19-20H,6-9,12-13H2,1-3H3,(H,23,26)/t19-,20-/m1/s1. The second kappa shape index (κ2) is 7.54. The Bertz CT molecular complexity index is 845. The van der Waals surface area contributed by atoms with Gasteiger partial charge in [-0.1, -0.05) is 11.6 Å². The van der Waals surface area contributed by atoms with E-state index in [2.05, 4.69) is 27.1 Å². The van der Waals surface area contributed by atoms with Crippen molar-refractivity contribution in [2.45, 2.75) is 25.9 Å². The molecule has 0 spiro atoms. The number of likely N-dealkylation sites (N-methyl/N-ethyl adjacent to an activating group) is 1. The molecule has 2 fully saturated rings. The zero-order valence-corrected chi connectivity index (χ0v) is 16.4. The maximum absolute atomic E-state index is 13.1. The van der Waals surface area contributed by atoms with Gasteiger partial charge in [0.2, 0.25) is 0 Å². The van der Waals surface area contributed by atoms with Crippen LogP contribution in [0, 0.1) is 13.8 Å². The summed E-state index contributed by atoms with van der Waals surface area (Å²) < 4.78 is 5.73. The Morgan fingerprint density at radius 1 is 1.15 bits per heavy atom. The molecule has 4 rings (SSSR count). The summed E-state index contributed by atoms with van der Waals surface area (Å²) in [5.74, 6) is -0.0364. The molecule has 2 atom stereocenters. The number of carbonyl (C=O) groups excluding carboxylic acids is 1. The van der Waals surface area contributed by atoms with Crippen molar-refractivity contribution in [2.24, 2.45) is 0 Å². The lowest BCUT2D eigenvalue weighted by molar-refractivity contribution is 0.0830. The summed E-state index contributed by atoms with van der Waals surface area (Å²) in [5, 5.41) is 4.16. The van der Waals surface area contributed by atoms with E-state index in [0.29, 0.717) is 18.8 Å². The van der Waals surface area contributed by atoms with E-state index >= 15 is 0 Å². The molecule has 2 saturated heterocycles. The number of ether oxygens (including phenoxy) is 1. The number of nitrogens with zero attached hydrogens (tertiary/aromatic N) is 3. The summed E-state index contributed by atoms with van der Waals surface area (Å²) in [5.41, 5.74) is 3.55. The molecule has 0 bridgehead atoms. The molecule has 2 aromatic rings. The van der Waals surface area contributed by atoms with Crippen molar-refractivity contribution in [3.63, 3.8) is 0 Å². The smallest absolute Gasteiger partial charge is 0.252 e. The highest BCUT2D eigenvalue weighted by Crippen LogP contribution is 2.21. The Labute approximate surface area is 160 Å². The molecule has 1 amide bonds. The molecule has 0 unspecified atom stereocenters. The first-order valence-electron chi connectivity index (χ1n) is 9.70. The molecular weight excluding hydrogens is 340 g/mol. The zero-order chi connectivity index (χ0) is 19.0. The van der Waals surface area contributed by atoms with Crippen molar-refractivity contribution in [1.29, 1.82) is 0 Å². The molecule has 2 aliphatic rings. The number of piperazine rings is 1. The highest BCUT2D eigenvalue weighted by Gasteiger charge is 2.35. The number of hydrogen-bond donors (Lipinski definition) is 1. The van der Waals surface area contributed by atoms with Crippen LogP contribution in [0.25, 0.3) is 10.9 Å². The van der Waals surface area contributed by atoms with Crippen molar-refractivity contribution in [1.82, 2.24) is 20.1 Å². The van der Waals surface area contributed by atoms with Gasteiger partial charge in [0.15, 0.2) is 0 Å². The number of pyridine rings is 1. The topological polar surface area (TPSA) is 57.7 Å². The van der Waals surface area contributed by atoms with Gasteiger partial charge >= 0.3 is 0 Å². The van der Waals surface area contributed by atoms with Gasteiger partial charge in [-0.2, -0.15) is 0 Å². The normalized spacial score (nSPS) is 24.4. The Morgan fingerprint density at radius 3 is 2.70 bits per heavy atom. The summed E-state index contributed by atoms with van der Waals surface area (Å²) in [6.45, 7) is 9.39. The van der Waals surface area contributed by atoms with Gasteiger partial charge in [-0.3, -0.25) is 14.7 Å². The highest BCUT2D eigenvalue weighted by molar-refractivity contribution is 6.06. The quantitative estimate of drug-likeness (QED) is 0.892. The van der Waals surface area contributed by atoms with E-state index < -0.39 is 0 Å². The van der Waals surface area contributed by atoms with Crippen molar-refractivity contribution in [2.75, 3.05) is 46.4 Å². The number of fused-ring (bicyclic) bond motifs is 1.